The Morgan fingerprint density at radius 2 is 0.932 bits per heavy atom. The van der Waals surface area contributed by atoms with Gasteiger partial charge in [-0.25, -0.2) is 0 Å². The fraction of sp³-hybridized carbons (Fsp3) is 0.211. The van der Waals surface area contributed by atoms with Crippen LogP contribution < -0.4 is 9.47 Å². The molecule has 0 atom stereocenters. The fourth-order valence-electron chi connectivity index (χ4n) is 5.66. The van der Waals surface area contributed by atoms with Gasteiger partial charge in [-0.1, -0.05) is 74.5 Å². The lowest BCUT2D eigenvalue weighted by Crippen LogP contribution is -2.10. The molecule has 6 rings (SSSR count). The molecule has 0 radical (unpaired) electrons. The van der Waals surface area contributed by atoms with Gasteiger partial charge in [-0.05, 0) is 47.5 Å². The Morgan fingerprint density at radius 3 is 1.30 bits per heavy atom. The minimum Gasteiger partial charge on any atom is -0.497 e. The zero-order valence-electron chi connectivity index (χ0n) is 25.6. The zero-order valence-corrected chi connectivity index (χ0v) is 25.6. The molecule has 6 heteroatoms. The molecule has 6 aromatic rings. The maximum absolute atomic E-state index is 6.32. The highest BCUT2D eigenvalue weighted by Crippen LogP contribution is 2.31. The number of furan rings is 2. The van der Waals surface area contributed by atoms with Crippen LogP contribution in [0.5, 0.6) is 11.5 Å². The molecular weight excluding hydrogens is 548 g/mol. The van der Waals surface area contributed by atoms with Crippen LogP contribution in [0.15, 0.2) is 116 Å². The van der Waals surface area contributed by atoms with E-state index in [9.17, 15) is 0 Å². The van der Waals surface area contributed by atoms with Crippen molar-refractivity contribution in [3.8, 4) is 11.5 Å². The predicted molar refractivity (Wildman–Crippen MR) is 178 cm³/mol. The first-order chi connectivity index (χ1) is 21.6. The van der Waals surface area contributed by atoms with Gasteiger partial charge in [0, 0.05) is 47.6 Å². The van der Waals surface area contributed by atoms with Gasteiger partial charge in [0.1, 0.15) is 34.2 Å². The van der Waals surface area contributed by atoms with Crippen molar-refractivity contribution >= 4 is 33.4 Å². The molecule has 2 aromatic heterocycles. The minimum absolute atomic E-state index is 0.576. The van der Waals surface area contributed by atoms with E-state index in [0.717, 1.165) is 91.5 Å². The monoisotopic (exact) mass is 584 g/mol. The Labute approximate surface area is 257 Å². The Balaban J connectivity index is 1.55. The summed E-state index contributed by atoms with van der Waals surface area (Å²) in [5, 5.41) is 12.2. The normalized spacial score (nSPS) is 12.3. The number of nitrogens with zero attached hydrogens (tertiary/aromatic N) is 2. The first-order valence-corrected chi connectivity index (χ1v) is 15.0. The number of ether oxygens (including phenoxy) is 2. The second-order valence-corrected chi connectivity index (χ2v) is 10.6. The van der Waals surface area contributed by atoms with Crippen molar-refractivity contribution in [2.24, 2.45) is 10.2 Å². The first kappa shape index (κ1) is 29.0. The van der Waals surface area contributed by atoms with Crippen LogP contribution >= 0.6 is 0 Å². The number of methoxy groups -OCH3 is 2. The predicted octanol–water partition coefficient (Wildman–Crippen LogP) is 9.00. The molecule has 0 fully saturated rings. The van der Waals surface area contributed by atoms with Gasteiger partial charge in [0.2, 0.25) is 0 Å². The Bertz CT molecular complexity index is 1800. The molecule has 44 heavy (non-hydrogen) atoms. The van der Waals surface area contributed by atoms with Gasteiger partial charge in [-0.2, -0.15) is 10.2 Å². The van der Waals surface area contributed by atoms with Crippen LogP contribution in [0.3, 0.4) is 0 Å². The molecule has 0 bridgehead atoms. The van der Waals surface area contributed by atoms with Gasteiger partial charge < -0.3 is 18.3 Å². The van der Waals surface area contributed by atoms with Gasteiger partial charge in [0.25, 0.3) is 0 Å². The van der Waals surface area contributed by atoms with E-state index in [2.05, 4.69) is 50.2 Å². The summed E-state index contributed by atoms with van der Waals surface area (Å²) < 4.78 is 23.4. The summed E-state index contributed by atoms with van der Waals surface area (Å²) in [6, 6.07) is 32.5. The molecule has 0 N–H and O–H groups in total. The lowest BCUT2D eigenvalue weighted by molar-refractivity contribution is 0.414. The molecule has 0 aliphatic carbocycles. The first-order valence-electron chi connectivity index (χ1n) is 15.0. The van der Waals surface area contributed by atoms with Gasteiger partial charge in [-0.3, -0.25) is 0 Å². The van der Waals surface area contributed by atoms with Gasteiger partial charge in [-0.15, -0.1) is 0 Å². The molecule has 0 unspecified atom stereocenters. The molecule has 6 nitrogen and oxygen atoms in total. The quantitative estimate of drug-likeness (QED) is 0.113. The van der Waals surface area contributed by atoms with E-state index in [1.165, 1.54) is 0 Å². The standard InChI is InChI=1S/C38H36N2O4/c1-5-33-37(29-11-7-9-13-35(29)43-33)31(23-25-15-19-27(41-3)20-16-25)39-40-32(24-26-17-21-28(42-4)22-18-26)38-30-12-8-10-14-36(30)44-34(38)6-2/h7-22H,5-6,23-24H2,1-4H3/b39-31-,40-32+. The Kier molecular flexibility index (Phi) is 8.59. The van der Waals surface area contributed by atoms with Crippen LogP contribution in [-0.2, 0) is 25.7 Å². The summed E-state index contributed by atoms with van der Waals surface area (Å²) in [6.45, 7) is 4.21. The summed E-state index contributed by atoms with van der Waals surface area (Å²) in [7, 11) is 3.35. The third-order valence-corrected chi connectivity index (χ3v) is 7.91. The van der Waals surface area contributed by atoms with E-state index >= 15 is 0 Å². The maximum Gasteiger partial charge on any atom is 0.134 e. The number of rotatable bonds is 11. The number of hydrogen-bond acceptors (Lipinski definition) is 6. The fourth-order valence-corrected chi connectivity index (χ4v) is 5.66. The Hall–Kier alpha value is -5.10. The number of hydrogen-bond donors (Lipinski definition) is 0. The molecule has 2 heterocycles. The highest BCUT2D eigenvalue weighted by atomic mass is 16.5. The highest BCUT2D eigenvalue weighted by Gasteiger charge is 2.21. The van der Waals surface area contributed by atoms with Gasteiger partial charge >= 0.3 is 0 Å². The summed E-state index contributed by atoms with van der Waals surface area (Å²) >= 11 is 0. The van der Waals surface area contributed by atoms with E-state index < -0.39 is 0 Å². The summed E-state index contributed by atoms with van der Waals surface area (Å²) in [6.07, 6.45) is 2.63. The minimum atomic E-state index is 0.576. The average Bonchev–Trinajstić information content (AvgIpc) is 3.65. The molecule has 0 aliphatic heterocycles. The summed E-state index contributed by atoms with van der Waals surface area (Å²) in [5.41, 5.74) is 7.58. The molecule has 0 saturated heterocycles. The molecule has 0 spiro atoms. The highest BCUT2D eigenvalue weighted by molar-refractivity contribution is 6.14. The van der Waals surface area contributed by atoms with Crippen LogP contribution in [0.2, 0.25) is 0 Å². The number of fused-ring (bicyclic) bond motifs is 2. The number of para-hydroxylation sites is 2. The van der Waals surface area contributed by atoms with Crippen molar-refractivity contribution in [2.75, 3.05) is 14.2 Å². The number of benzene rings is 4. The number of aryl methyl sites for hydroxylation is 2. The van der Waals surface area contributed by atoms with Gasteiger partial charge in [0.05, 0.1) is 25.6 Å². The van der Waals surface area contributed by atoms with E-state index in [1.54, 1.807) is 14.2 Å². The lowest BCUT2D eigenvalue weighted by Gasteiger charge is -2.10. The molecule has 0 amide bonds. The second-order valence-electron chi connectivity index (χ2n) is 10.6. The Morgan fingerprint density at radius 1 is 0.545 bits per heavy atom. The second kappa shape index (κ2) is 13.0. The summed E-state index contributed by atoms with van der Waals surface area (Å²) in [5.74, 6) is 3.42. The van der Waals surface area contributed by atoms with Crippen LogP contribution in [0.1, 0.15) is 47.6 Å². The topological polar surface area (TPSA) is 69.5 Å². The van der Waals surface area contributed by atoms with Crippen molar-refractivity contribution in [3.63, 3.8) is 0 Å². The largest absolute Gasteiger partial charge is 0.497 e. The molecular formula is C38H36N2O4. The average molecular weight is 585 g/mol. The zero-order chi connectivity index (χ0) is 30.5. The van der Waals surface area contributed by atoms with Crippen LogP contribution in [0.25, 0.3) is 21.9 Å². The molecule has 4 aromatic carbocycles. The van der Waals surface area contributed by atoms with Crippen molar-refractivity contribution in [2.45, 2.75) is 39.5 Å². The smallest absolute Gasteiger partial charge is 0.134 e. The van der Waals surface area contributed by atoms with Crippen molar-refractivity contribution in [1.29, 1.82) is 0 Å². The van der Waals surface area contributed by atoms with Gasteiger partial charge in [0.15, 0.2) is 0 Å². The molecule has 0 aliphatic rings. The van der Waals surface area contributed by atoms with Crippen molar-refractivity contribution in [3.05, 3.63) is 131 Å². The van der Waals surface area contributed by atoms with Crippen LogP contribution in [-0.4, -0.2) is 25.6 Å². The van der Waals surface area contributed by atoms with Crippen LogP contribution in [0.4, 0.5) is 0 Å². The van der Waals surface area contributed by atoms with Crippen LogP contribution in [0, 0.1) is 0 Å². The van der Waals surface area contributed by atoms with E-state index in [-0.39, 0.29) is 0 Å². The third-order valence-electron chi connectivity index (χ3n) is 7.91. The maximum atomic E-state index is 6.32. The third kappa shape index (κ3) is 5.88. The van der Waals surface area contributed by atoms with E-state index in [4.69, 9.17) is 28.5 Å². The molecule has 0 saturated carbocycles. The van der Waals surface area contributed by atoms with E-state index in [0.29, 0.717) is 12.8 Å². The lowest BCUT2D eigenvalue weighted by atomic mass is 9.98. The summed E-state index contributed by atoms with van der Waals surface area (Å²) in [4.78, 5) is 0. The van der Waals surface area contributed by atoms with Crippen molar-refractivity contribution < 1.29 is 18.3 Å². The SMILES string of the molecule is CCc1oc2ccccc2c1/C(Cc1ccc(OC)cc1)=N\N=C(/Cc1ccc(OC)cc1)c1c(CC)oc2ccccc12. The van der Waals surface area contributed by atoms with Crippen molar-refractivity contribution in [1.82, 2.24) is 0 Å². The molecule has 222 valence electrons. The van der Waals surface area contributed by atoms with E-state index in [1.807, 2.05) is 60.7 Å².